The topological polar surface area (TPSA) is 57.4 Å². The first-order valence-corrected chi connectivity index (χ1v) is 19.9. The lowest BCUT2D eigenvalue weighted by molar-refractivity contribution is -0.165. The average molecular weight is 601 g/mol. The SMILES string of the molecule is C1=CC(C2NC3CCC4NC(C5CCC6OC7CCCC=C7C7(C6C5)C5CCCCC5C5CCCCC57)NC4C3N2)CCC1. The third kappa shape index (κ3) is 4.20. The fourth-order valence-electron chi connectivity index (χ4n) is 14.4. The van der Waals surface area contributed by atoms with E-state index in [1.807, 2.05) is 5.57 Å². The number of fused-ring (bicyclic) bond motifs is 12. The smallest absolute Gasteiger partial charge is 0.0794 e. The second kappa shape index (κ2) is 11.2. The molecule has 8 fully saturated rings. The van der Waals surface area contributed by atoms with Crippen molar-refractivity contribution in [3.63, 3.8) is 0 Å². The molecule has 3 heterocycles. The third-order valence-electron chi connectivity index (χ3n) is 15.8. The van der Waals surface area contributed by atoms with Gasteiger partial charge in [0.25, 0.3) is 0 Å². The zero-order valence-electron chi connectivity index (χ0n) is 27.2. The fourth-order valence-corrected chi connectivity index (χ4v) is 14.4. The van der Waals surface area contributed by atoms with Gasteiger partial charge >= 0.3 is 0 Å². The van der Waals surface area contributed by atoms with Crippen molar-refractivity contribution in [1.29, 1.82) is 0 Å². The summed E-state index contributed by atoms with van der Waals surface area (Å²) in [6, 6.07) is 2.35. The largest absolute Gasteiger partial charge is 0.370 e. The second-order valence-corrected chi connectivity index (χ2v) is 17.5. The molecule has 3 saturated heterocycles. The number of allylic oxidation sites excluding steroid dienone is 2. The lowest BCUT2D eigenvalue weighted by Crippen LogP contribution is -2.60. The first kappa shape index (κ1) is 28.3. The van der Waals surface area contributed by atoms with Crippen LogP contribution in [-0.4, -0.2) is 48.7 Å². The van der Waals surface area contributed by atoms with Gasteiger partial charge in [0, 0.05) is 35.5 Å². The van der Waals surface area contributed by atoms with Crippen LogP contribution in [0.15, 0.2) is 23.8 Å². The molecule has 0 bridgehead atoms. The molecular weight excluding hydrogens is 540 g/mol. The Morgan fingerprint density at radius 3 is 2.07 bits per heavy atom. The van der Waals surface area contributed by atoms with Crippen molar-refractivity contribution in [2.24, 2.45) is 46.8 Å². The van der Waals surface area contributed by atoms with Crippen LogP contribution in [0.5, 0.6) is 0 Å². The van der Waals surface area contributed by atoms with Crippen LogP contribution in [0, 0.1) is 46.8 Å². The molecular formula is C39H60N4O. The summed E-state index contributed by atoms with van der Waals surface area (Å²) in [5.41, 5.74) is 2.32. The molecule has 242 valence electrons. The van der Waals surface area contributed by atoms with Gasteiger partial charge in [0.05, 0.1) is 24.5 Å². The van der Waals surface area contributed by atoms with Gasteiger partial charge in [-0.1, -0.05) is 43.9 Å². The predicted octanol–water partition coefficient (Wildman–Crippen LogP) is 6.56. The van der Waals surface area contributed by atoms with E-state index in [0.29, 0.717) is 60.0 Å². The summed E-state index contributed by atoms with van der Waals surface area (Å²) >= 11 is 0. The zero-order chi connectivity index (χ0) is 28.8. The van der Waals surface area contributed by atoms with E-state index in [9.17, 15) is 0 Å². The summed E-state index contributed by atoms with van der Waals surface area (Å²) in [6.45, 7) is 0. The molecule has 44 heavy (non-hydrogen) atoms. The number of hydrogen-bond donors (Lipinski definition) is 4. The Morgan fingerprint density at radius 2 is 1.32 bits per heavy atom. The number of nitrogens with one attached hydrogen (secondary N) is 4. The number of hydrogen-bond acceptors (Lipinski definition) is 5. The van der Waals surface area contributed by atoms with Crippen molar-refractivity contribution < 1.29 is 4.74 Å². The molecule has 0 aromatic carbocycles. The fraction of sp³-hybridized carbons (Fsp3) is 0.897. The van der Waals surface area contributed by atoms with Gasteiger partial charge in [0.1, 0.15) is 0 Å². The lowest BCUT2D eigenvalue weighted by Gasteiger charge is -2.61. The Labute approximate surface area is 266 Å². The zero-order valence-corrected chi connectivity index (χ0v) is 27.2. The highest BCUT2D eigenvalue weighted by Gasteiger charge is 2.68. The maximum absolute atomic E-state index is 7.24. The Balaban J connectivity index is 0.936. The van der Waals surface area contributed by atoms with Gasteiger partial charge in [-0.25, -0.2) is 0 Å². The van der Waals surface area contributed by atoms with Crippen molar-refractivity contribution >= 4 is 0 Å². The molecule has 10 rings (SSSR count). The van der Waals surface area contributed by atoms with Crippen molar-refractivity contribution in [2.45, 2.75) is 171 Å². The van der Waals surface area contributed by atoms with E-state index in [-0.39, 0.29) is 0 Å². The molecule has 15 atom stereocenters. The Bertz CT molecular complexity index is 1130. The number of ether oxygens (including phenoxy) is 1. The summed E-state index contributed by atoms with van der Waals surface area (Å²) in [7, 11) is 0. The molecule has 0 radical (unpaired) electrons. The van der Waals surface area contributed by atoms with E-state index >= 15 is 0 Å². The molecule has 15 unspecified atom stereocenters. The van der Waals surface area contributed by atoms with Crippen LogP contribution in [0.1, 0.15) is 122 Å². The highest BCUT2D eigenvalue weighted by molar-refractivity contribution is 5.33. The number of rotatable bonds is 2. The van der Waals surface area contributed by atoms with Gasteiger partial charge in [-0.3, -0.25) is 21.3 Å². The van der Waals surface area contributed by atoms with E-state index in [1.54, 1.807) is 0 Å². The summed E-state index contributed by atoms with van der Waals surface area (Å²) in [5.74, 6) is 6.04. The van der Waals surface area contributed by atoms with E-state index in [1.165, 1.54) is 122 Å². The molecule has 5 nitrogen and oxygen atoms in total. The van der Waals surface area contributed by atoms with Crippen LogP contribution >= 0.6 is 0 Å². The molecule has 3 aliphatic heterocycles. The minimum Gasteiger partial charge on any atom is -0.370 e. The van der Waals surface area contributed by atoms with Gasteiger partial charge in [0.2, 0.25) is 0 Å². The van der Waals surface area contributed by atoms with Crippen LogP contribution in [0.25, 0.3) is 0 Å². The van der Waals surface area contributed by atoms with Gasteiger partial charge in [0.15, 0.2) is 0 Å². The van der Waals surface area contributed by atoms with Crippen LogP contribution in [0.4, 0.5) is 0 Å². The van der Waals surface area contributed by atoms with Crippen molar-refractivity contribution in [2.75, 3.05) is 0 Å². The van der Waals surface area contributed by atoms with E-state index in [0.717, 1.165) is 35.5 Å². The van der Waals surface area contributed by atoms with Crippen LogP contribution in [0.3, 0.4) is 0 Å². The van der Waals surface area contributed by atoms with Gasteiger partial charge < -0.3 is 4.74 Å². The highest BCUT2D eigenvalue weighted by Crippen LogP contribution is 2.73. The molecule has 4 N–H and O–H groups in total. The lowest BCUT2D eigenvalue weighted by atomic mass is 9.48. The maximum Gasteiger partial charge on any atom is 0.0794 e. The van der Waals surface area contributed by atoms with Crippen LogP contribution in [-0.2, 0) is 4.74 Å². The molecule has 5 saturated carbocycles. The molecule has 0 aromatic heterocycles. The molecule has 0 amide bonds. The van der Waals surface area contributed by atoms with Crippen LogP contribution < -0.4 is 21.3 Å². The monoisotopic (exact) mass is 600 g/mol. The van der Waals surface area contributed by atoms with E-state index < -0.39 is 0 Å². The van der Waals surface area contributed by atoms with Gasteiger partial charge in [-0.2, -0.15) is 0 Å². The molecule has 0 aromatic rings. The van der Waals surface area contributed by atoms with Gasteiger partial charge in [-0.15, -0.1) is 0 Å². The van der Waals surface area contributed by atoms with Crippen LogP contribution in [0.2, 0.25) is 0 Å². The first-order valence-electron chi connectivity index (χ1n) is 19.9. The summed E-state index contributed by atoms with van der Waals surface area (Å²) in [5, 5.41) is 16.8. The maximum atomic E-state index is 7.24. The molecule has 5 heteroatoms. The minimum absolute atomic E-state index is 0.445. The summed E-state index contributed by atoms with van der Waals surface area (Å²) in [4.78, 5) is 0. The Morgan fingerprint density at radius 1 is 0.614 bits per heavy atom. The van der Waals surface area contributed by atoms with E-state index in [2.05, 4.69) is 39.5 Å². The molecule has 10 aliphatic rings. The summed E-state index contributed by atoms with van der Waals surface area (Å²) in [6.07, 6.45) is 36.2. The van der Waals surface area contributed by atoms with Gasteiger partial charge in [-0.05, 0) is 137 Å². The third-order valence-corrected chi connectivity index (χ3v) is 15.8. The average Bonchev–Trinajstić information content (AvgIpc) is 3.79. The standard InChI is InChI=1S/C39H60N4O/c1-2-10-23(11-3-1)37-40-31-19-20-32-36(35(31)42-37)43-38(41-32)24-18-21-34-30(22-24)39(29-16-8-9-17-33(29)44-34)27-14-6-4-12-25(27)26-13-5-7-15-28(26)39/h2,10,16,23-28,30-38,40-43H,1,3-9,11-15,17-22H2. The molecule has 1 spiro atoms. The second-order valence-electron chi connectivity index (χ2n) is 17.5. The van der Waals surface area contributed by atoms with Crippen molar-refractivity contribution in [3.05, 3.63) is 23.8 Å². The Hall–Kier alpha value is -0.720. The summed E-state index contributed by atoms with van der Waals surface area (Å²) < 4.78 is 7.24. The van der Waals surface area contributed by atoms with Crippen molar-refractivity contribution in [1.82, 2.24) is 21.3 Å². The highest BCUT2D eigenvalue weighted by atomic mass is 16.5. The van der Waals surface area contributed by atoms with Crippen molar-refractivity contribution in [3.8, 4) is 0 Å². The van der Waals surface area contributed by atoms with E-state index in [4.69, 9.17) is 4.74 Å². The first-order chi connectivity index (χ1) is 21.8. The normalized spacial score (nSPS) is 56.2. The molecule has 7 aliphatic carbocycles. The minimum atomic E-state index is 0.445. The predicted molar refractivity (Wildman–Crippen MR) is 176 cm³/mol. The quantitative estimate of drug-likeness (QED) is 0.271. The Kier molecular flexibility index (Phi) is 7.19.